The first-order chi connectivity index (χ1) is 17.5. The third-order valence-electron chi connectivity index (χ3n) is 6.68. The van der Waals surface area contributed by atoms with Crippen LogP contribution in [0.15, 0.2) is 48.7 Å². The Balaban J connectivity index is 1.50. The van der Waals surface area contributed by atoms with Gasteiger partial charge in [-0.25, -0.2) is 9.97 Å². The molecule has 36 heavy (non-hydrogen) atoms. The van der Waals surface area contributed by atoms with Gasteiger partial charge in [-0.2, -0.15) is 0 Å². The number of fused-ring (bicyclic) bond motifs is 3. The zero-order valence-electron chi connectivity index (χ0n) is 20.8. The van der Waals surface area contributed by atoms with E-state index < -0.39 is 0 Å². The van der Waals surface area contributed by atoms with Gasteiger partial charge in [-0.3, -0.25) is 10.1 Å². The van der Waals surface area contributed by atoms with Crippen molar-refractivity contribution in [3.63, 3.8) is 0 Å². The molecule has 3 heterocycles. The molecule has 0 aliphatic carbocycles. The summed E-state index contributed by atoms with van der Waals surface area (Å²) in [5.74, 6) is 0.882. The van der Waals surface area contributed by atoms with E-state index in [2.05, 4.69) is 38.0 Å². The number of hydrogen-bond donors (Lipinski definition) is 1. The van der Waals surface area contributed by atoms with Gasteiger partial charge >= 0.3 is 0 Å². The second-order valence-corrected chi connectivity index (χ2v) is 9.33. The Morgan fingerprint density at radius 3 is 2.83 bits per heavy atom. The van der Waals surface area contributed by atoms with Crippen LogP contribution in [-0.4, -0.2) is 52.1 Å². The minimum absolute atomic E-state index is 0.0597. The molecule has 0 spiro atoms. The van der Waals surface area contributed by atoms with E-state index in [0.717, 1.165) is 43.6 Å². The van der Waals surface area contributed by atoms with Crippen molar-refractivity contribution < 1.29 is 9.66 Å². The lowest BCUT2D eigenvalue weighted by atomic mass is 10.0. The van der Waals surface area contributed by atoms with Gasteiger partial charge in [-0.1, -0.05) is 18.2 Å². The molecule has 9 heteroatoms. The largest absolute Gasteiger partial charge is 0.495 e. The van der Waals surface area contributed by atoms with Crippen molar-refractivity contribution in [3.8, 4) is 17.0 Å². The van der Waals surface area contributed by atoms with E-state index in [4.69, 9.17) is 9.72 Å². The topological polar surface area (TPSA) is 98.4 Å². The van der Waals surface area contributed by atoms with E-state index in [1.54, 1.807) is 19.4 Å². The number of rotatable bonds is 9. The summed E-state index contributed by atoms with van der Waals surface area (Å²) in [5, 5.41) is 16.2. The van der Waals surface area contributed by atoms with Crippen molar-refractivity contribution in [3.05, 3.63) is 70.0 Å². The molecular formula is C27H30N6O3. The maximum Gasteiger partial charge on any atom is 0.274 e. The average molecular weight is 487 g/mol. The summed E-state index contributed by atoms with van der Waals surface area (Å²) in [4.78, 5) is 22.8. The van der Waals surface area contributed by atoms with Crippen molar-refractivity contribution in [1.82, 2.24) is 19.4 Å². The highest BCUT2D eigenvalue weighted by molar-refractivity contribution is 5.97. The molecule has 1 N–H and O–H groups in total. The Morgan fingerprint density at radius 1 is 1.22 bits per heavy atom. The fraction of sp³-hybridized carbons (Fsp3) is 0.333. The lowest BCUT2D eigenvalue weighted by Gasteiger charge is -2.14. The van der Waals surface area contributed by atoms with Crippen molar-refractivity contribution >= 4 is 28.2 Å². The molecular weight excluding hydrogens is 456 g/mol. The highest BCUT2D eigenvalue weighted by atomic mass is 16.6. The lowest BCUT2D eigenvalue weighted by molar-refractivity contribution is -0.385. The molecule has 186 valence electrons. The smallest absolute Gasteiger partial charge is 0.274 e. The molecule has 2 aromatic heterocycles. The summed E-state index contributed by atoms with van der Waals surface area (Å²) in [5.41, 5.74) is 5.63. The quantitative estimate of drug-likeness (QED) is 0.256. The van der Waals surface area contributed by atoms with E-state index in [1.165, 1.54) is 22.7 Å². The second-order valence-electron chi connectivity index (χ2n) is 9.33. The van der Waals surface area contributed by atoms with Gasteiger partial charge in [-0.05, 0) is 64.5 Å². The van der Waals surface area contributed by atoms with Crippen LogP contribution in [-0.2, 0) is 19.4 Å². The molecule has 0 unspecified atom stereocenters. The number of benzene rings is 2. The molecule has 0 saturated heterocycles. The number of nitrogens with one attached hydrogen (secondary N) is 1. The molecule has 0 bridgehead atoms. The van der Waals surface area contributed by atoms with E-state index >= 15 is 0 Å². The van der Waals surface area contributed by atoms with E-state index in [9.17, 15) is 10.1 Å². The first-order valence-electron chi connectivity index (χ1n) is 12.2. The van der Waals surface area contributed by atoms with Crippen molar-refractivity contribution in [2.45, 2.75) is 32.2 Å². The first-order valence-corrected chi connectivity index (χ1v) is 12.2. The van der Waals surface area contributed by atoms with E-state index in [-0.39, 0.29) is 10.6 Å². The normalized spacial score (nSPS) is 12.8. The fourth-order valence-electron chi connectivity index (χ4n) is 5.07. The molecule has 0 atom stereocenters. The fourth-order valence-corrected chi connectivity index (χ4v) is 5.07. The van der Waals surface area contributed by atoms with Gasteiger partial charge in [0.25, 0.3) is 5.69 Å². The number of nitro benzene ring substituents is 1. The Hall–Kier alpha value is -3.98. The van der Waals surface area contributed by atoms with Crippen LogP contribution in [0.1, 0.15) is 24.1 Å². The Morgan fingerprint density at radius 2 is 2.06 bits per heavy atom. The van der Waals surface area contributed by atoms with Crippen LogP contribution in [0, 0.1) is 10.1 Å². The molecule has 4 aromatic rings. The molecule has 0 amide bonds. The van der Waals surface area contributed by atoms with Crippen LogP contribution in [0.3, 0.4) is 0 Å². The van der Waals surface area contributed by atoms with Crippen molar-refractivity contribution in [1.29, 1.82) is 0 Å². The van der Waals surface area contributed by atoms with Gasteiger partial charge in [0.1, 0.15) is 5.75 Å². The van der Waals surface area contributed by atoms with Crippen LogP contribution in [0.5, 0.6) is 5.75 Å². The van der Waals surface area contributed by atoms with Gasteiger partial charge in [-0.15, -0.1) is 0 Å². The number of hydrogen-bond acceptors (Lipinski definition) is 7. The van der Waals surface area contributed by atoms with Gasteiger partial charge in [0.15, 0.2) is 0 Å². The number of methoxy groups -OCH3 is 1. The van der Waals surface area contributed by atoms with Gasteiger partial charge in [0.2, 0.25) is 5.95 Å². The Labute approximate surface area is 209 Å². The maximum absolute atomic E-state index is 11.9. The predicted molar refractivity (Wildman–Crippen MR) is 141 cm³/mol. The molecule has 1 aliphatic rings. The monoisotopic (exact) mass is 486 g/mol. The number of aryl methyl sites for hydroxylation is 2. The summed E-state index contributed by atoms with van der Waals surface area (Å²) < 4.78 is 7.96. The standard InChI is InChI=1S/C27H30N6O3/c1-31(2)14-6-8-18-16-25(36-3)21(17-24(18)33(34)35)30-27-28-13-12-20(29-27)26-19-9-4-5-10-22(19)32-15-7-11-23(26)32/h4-5,9-10,12-13,16-17H,6-8,11,14-15H2,1-3H3,(H,28,29,30). The van der Waals surface area contributed by atoms with Crippen molar-refractivity contribution in [2.75, 3.05) is 33.1 Å². The minimum atomic E-state index is -0.344. The summed E-state index contributed by atoms with van der Waals surface area (Å²) in [6.45, 7) is 1.85. The number of aromatic nitrogens is 3. The summed E-state index contributed by atoms with van der Waals surface area (Å²) in [6.07, 6.45) is 5.24. The molecule has 1 aliphatic heterocycles. The molecule has 0 fully saturated rings. The molecule has 2 aromatic carbocycles. The van der Waals surface area contributed by atoms with Crippen LogP contribution in [0.2, 0.25) is 0 Å². The highest BCUT2D eigenvalue weighted by Crippen LogP contribution is 2.39. The van der Waals surface area contributed by atoms with Crippen LogP contribution in [0.4, 0.5) is 17.3 Å². The zero-order chi connectivity index (χ0) is 25.2. The first kappa shape index (κ1) is 23.7. The second kappa shape index (κ2) is 9.94. The molecule has 9 nitrogen and oxygen atoms in total. The van der Waals surface area contributed by atoms with E-state index in [1.807, 2.05) is 26.2 Å². The third-order valence-corrected chi connectivity index (χ3v) is 6.68. The number of ether oxygens (including phenoxy) is 1. The number of nitrogens with zero attached hydrogens (tertiary/aromatic N) is 5. The zero-order valence-corrected chi connectivity index (χ0v) is 20.8. The van der Waals surface area contributed by atoms with Crippen LogP contribution < -0.4 is 10.1 Å². The van der Waals surface area contributed by atoms with Gasteiger partial charge < -0.3 is 19.5 Å². The molecule has 0 radical (unpaired) electrons. The number of para-hydroxylation sites is 1. The van der Waals surface area contributed by atoms with Gasteiger partial charge in [0, 0.05) is 46.5 Å². The van der Waals surface area contributed by atoms with E-state index in [0.29, 0.717) is 29.4 Å². The third kappa shape index (κ3) is 4.49. The molecule has 0 saturated carbocycles. The molecule has 5 rings (SSSR count). The van der Waals surface area contributed by atoms with Crippen molar-refractivity contribution in [2.24, 2.45) is 0 Å². The average Bonchev–Trinajstić information content (AvgIpc) is 3.45. The maximum atomic E-state index is 11.9. The lowest BCUT2D eigenvalue weighted by Crippen LogP contribution is -2.13. The Bertz CT molecular complexity index is 1430. The number of nitro groups is 1. The summed E-state index contributed by atoms with van der Waals surface area (Å²) >= 11 is 0. The van der Waals surface area contributed by atoms with Gasteiger partial charge in [0.05, 0.1) is 23.4 Å². The number of anilines is 2. The van der Waals surface area contributed by atoms with Crippen LogP contribution >= 0.6 is 0 Å². The van der Waals surface area contributed by atoms with Crippen LogP contribution in [0.25, 0.3) is 22.2 Å². The Kier molecular flexibility index (Phi) is 6.56. The summed E-state index contributed by atoms with van der Waals surface area (Å²) in [7, 11) is 5.53. The minimum Gasteiger partial charge on any atom is -0.495 e. The SMILES string of the molecule is COc1cc(CCCN(C)C)c([N+](=O)[O-])cc1Nc1nccc(-c2c3n(c4ccccc24)CCC3)n1. The predicted octanol–water partition coefficient (Wildman–Crippen LogP) is 5.20. The highest BCUT2D eigenvalue weighted by Gasteiger charge is 2.23. The summed E-state index contributed by atoms with van der Waals surface area (Å²) in [6, 6.07) is 13.6.